The lowest BCUT2D eigenvalue weighted by molar-refractivity contribution is 0.669. The molecule has 16 rings (SSSR count). The van der Waals surface area contributed by atoms with Gasteiger partial charge in [0.15, 0.2) is 0 Å². The summed E-state index contributed by atoms with van der Waals surface area (Å²) < 4.78 is 6.50. The predicted octanol–water partition coefficient (Wildman–Crippen LogP) is 19.1. The Hall–Kier alpha value is -9.76. The van der Waals surface area contributed by atoms with Gasteiger partial charge in [-0.25, -0.2) is 0 Å². The van der Waals surface area contributed by atoms with E-state index in [1.807, 2.05) is 0 Å². The van der Waals surface area contributed by atoms with E-state index < -0.39 is 10.8 Å². The number of para-hydroxylation sites is 3. The highest BCUT2D eigenvalue weighted by Crippen LogP contribution is 2.66. The summed E-state index contributed by atoms with van der Waals surface area (Å²) in [5.74, 6) is 0. The van der Waals surface area contributed by atoms with Crippen molar-refractivity contribution < 1.29 is 4.42 Å². The van der Waals surface area contributed by atoms with E-state index in [1.165, 1.54) is 94.6 Å². The summed E-state index contributed by atoms with van der Waals surface area (Å²) in [5, 5.41) is 2.28. The summed E-state index contributed by atoms with van der Waals surface area (Å²) in [6.07, 6.45) is 0. The Bertz CT molecular complexity index is 4430. The van der Waals surface area contributed by atoms with Crippen LogP contribution in [0.5, 0.6) is 0 Å². The van der Waals surface area contributed by atoms with Crippen LogP contribution in [0.1, 0.15) is 44.5 Å². The Kier molecular flexibility index (Phi) is 9.20. The first-order valence-electron chi connectivity index (χ1n) is 26.4. The fourth-order valence-corrected chi connectivity index (χ4v) is 14.2. The molecule has 2 nitrogen and oxygen atoms in total. The van der Waals surface area contributed by atoms with Gasteiger partial charge in [0.1, 0.15) is 11.2 Å². The second-order valence-corrected chi connectivity index (χ2v) is 20.5. The lowest BCUT2D eigenvalue weighted by atomic mass is 9.67. The zero-order valence-corrected chi connectivity index (χ0v) is 41.5. The summed E-state index contributed by atoms with van der Waals surface area (Å²) >= 11 is 0. The predicted molar refractivity (Wildman–Crippen MR) is 313 cm³/mol. The van der Waals surface area contributed by atoms with Crippen molar-refractivity contribution in [2.24, 2.45) is 0 Å². The lowest BCUT2D eigenvalue weighted by Crippen LogP contribution is -2.28. The third-order valence-corrected chi connectivity index (χ3v) is 17.0. The van der Waals surface area contributed by atoms with Gasteiger partial charge in [-0.2, -0.15) is 0 Å². The molecule has 0 amide bonds. The number of nitrogens with zero attached hydrogens (tertiary/aromatic N) is 1. The Morgan fingerprint density at radius 1 is 0.263 bits per heavy atom. The van der Waals surface area contributed by atoms with Crippen LogP contribution < -0.4 is 4.90 Å². The average molecular weight is 966 g/mol. The minimum Gasteiger partial charge on any atom is -0.456 e. The zero-order valence-electron chi connectivity index (χ0n) is 41.5. The SMILES string of the molecule is c1ccc(N(c2ccc3c(c2)C(c2ccccc2)(c2ccccc2)c2ccccc2-3)c2ccccc2-c2cccc3c2-c2ccccc2C32c3ccccc3-c3c(-c4cccc5oc6ccccc6c45)cccc32)cc1. The molecule has 76 heavy (non-hydrogen) atoms. The molecule has 0 saturated carbocycles. The summed E-state index contributed by atoms with van der Waals surface area (Å²) in [4.78, 5) is 2.49. The fraction of sp³-hybridized carbons (Fsp3) is 0.0270. The zero-order chi connectivity index (χ0) is 50.0. The molecular formula is C74H47NO. The first-order chi connectivity index (χ1) is 37.7. The Morgan fingerprint density at radius 3 is 1.37 bits per heavy atom. The molecule has 3 aliphatic carbocycles. The van der Waals surface area contributed by atoms with Crippen molar-refractivity contribution in [3.05, 3.63) is 330 Å². The topological polar surface area (TPSA) is 16.4 Å². The fourth-order valence-electron chi connectivity index (χ4n) is 14.2. The van der Waals surface area contributed by atoms with E-state index in [2.05, 4.69) is 290 Å². The first-order valence-corrected chi connectivity index (χ1v) is 26.4. The molecule has 0 radical (unpaired) electrons. The van der Waals surface area contributed by atoms with Gasteiger partial charge in [-0.3, -0.25) is 0 Å². The van der Waals surface area contributed by atoms with E-state index in [-0.39, 0.29) is 0 Å². The lowest BCUT2D eigenvalue weighted by Gasteiger charge is -2.35. The number of rotatable bonds is 7. The molecule has 1 heterocycles. The minimum atomic E-state index is -0.572. The number of hydrogen-bond acceptors (Lipinski definition) is 2. The van der Waals surface area contributed by atoms with E-state index in [9.17, 15) is 0 Å². The molecule has 1 unspecified atom stereocenters. The molecule has 3 aliphatic rings. The third-order valence-electron chi connectivity index (χ3n) is 17.0. The van der Waals surface area contributed by atoms with Crippen LogP contribution in [0.25, 0.3) is 77.6 Å². The van der Waals surface area contributed by atoms with Gasteiger partial charge in [0.2, 0.25) is 0 Å². The molecule has 0 saturated heterocycles. The van der Waals surface area contributed by atoms with Crippen molar-refractivity contribution in [3.8, 4) is 55.6 Å². The second-order valence-electron chi connectivity index (χ2n) is 20.5. The molecule has 2 heteroatoms. The van der Waals surface area contributed by atoms with Crippen LogP contribution in [0.3, 0.4) is 0 Å². The van der Waals surface area contributed by atoms with E-state index in [0.29, 0.717) is 0 Å². The van der Waals surface area contributed by atoms with Crippen LogP contribution >= 0.6 is 0 Å². The molecule has 0 bridgehead atoms. The highest BCUT2D eigenvalue weighted by Gasteiger charge is 2.53. The maximum atomic E-state index is 6.50. The molecule has 1 atom stereocenters. The highest BCUT2D eigenvalue weighted by atomic mass is 16.3. The van der Waals surface area contributed by atoms with Gasteiger partial charge >= 0.3 is 0 Å². The van der Waals surface area contributed by atoms with Crippen molar-refractivity contribution in [2.75, 3.05) is 4.90 Å². The standard InChI is InChI=1S/C74H47NO/c1-4-23-48(24-5-1)73(49-25-6-2-7-26-49)61-37-15-10-29-52(61)53-46-45-51(47-66(53)73)75(50-27-8-3-9-28-50)67-42-18-13-30-54(67)55-34-20-40-64-70(55)58-31-11-16-38-62(58)74(64)63-39-17-12-32-59(63)71-56(35-21-41-65(71)74)57-36-22-44-69-72(57)60-33-14-19-43-68(60)76-69/h1-47H. The van der Waals surface area contributed by atoms with Gasteiger partial charge in [-0.15, -0.1) is 0 Å². The number of benzene rings is 12. The normalized spacial score (nSPS) is 15.0. The van der Waals surface area contributed by atoms with Crippen molar-refractivity contribution in [1.29, 1.82) is 0 Å². The number of hydrogen-bond donors (Lipinski definition) is 0. The van der Waals surface area contributed by atoms with Crippen LogP contribution in [0, 0.1) is 0 Å². The van der Waals surface area contributed by atoms with Crippen molar-refractivity contribution >= 4 is 39.0 Å². The molecule has 1 spiro atoms. The Balaban J connectivity index is 0.931. The van der Waals surface area contributed by atoms with Crippen molar-refractivity contribution in [3.63, 3.8) is 0 Å². The van der Waals surface area contributed by atoms with Crippen molar-refractivity contribution in [2.45, 2.75) is 10.8 Å². The van der Waals surface area contributed by atoms with Crippen LogP contribution in [0.15, 0.2) is 290 Å². The molecule has 354 valence electrons. The molecule has 0 N–H and O–H groups in total. The summed E-state index contributed by atoms with van der Waals surface area (Å²) in [6.45, 7) is 0. The highest BCUT2D eigenvalue weighted by molar-refractivity contribution is 6.15. The maximum Gasteiger partial charge on any atom is 0.136 e. The monoisotopic (exact) mass is 965 g/mol. The van der Waals surface area contributed by atoms with Crippen molar-refractivity contribution in [1.82, 2.24) is 0 Å². The molecular weight excluding hydrogens is 919 g/mol. The van der Waals surface area contributed by atoms with Gasteiger partial charge in [-0.1, -0.05) is 243 Å². The molecule has 1 aromatic heterocycles. The number of fused-ring (bicyclic) bond motifs is 16. The van der Waals surface area contributed by atoms with E-state index in [4.69, 9.17) is 4.42 Å². The van der Waals surface area contributed by atoms with Crippen LogP contribution in [0.4, 0.5) is 17.1 Å². The summed E-state index contributed by atoms with van der Waals surface area (Å²) in [6, 6.07) is 106. The van der Waals surface area contributed by atoms with Crippen LogP contribution in [-0.4, -0.2) is 0 Å². The average Bonchev–Trinajstić information content (AvgIpc) is 4.42. The molecule has 12 aromatic carbocycles. The van der Waals surface area contributed by atoms with Crippen LogP contribution in [-0.2, 0) is 10.8 Å². The van der Waals surface area contributed by atoms with E-state index >= 15 is 0 Å². The third kappa shape index (κ3) is 5.70. The summed E-state index contributed by atoms with van der Waals surface area (Å²) in [7, 11) is 0. The molecule has 0 aliphatic heterocycles. The largest absolute Gasteiger partial charge is 0.456 e. The maximum absolute atomic E-state index is 6.50. The van der Waals surface area contributed by atoms with Gasteiger partial charge in [0, 0.05) is 27.7 Å². The smallest absolute Gasteiger partial charge is 0.136 e. The molecule has 0 fully saturated rings. The Labute approximate surface area is 442 Å². The van der Waals surface area contributed by atoms with Crippen LogP contribution in [0.2, 0.25) is 0 Å². The number of anilines is 3. The first kappa shape index (κ1) is 42.7. The number of furan rings is 1. The molecule has 13 aromatic rings. The minimum absolute atomic E-state index is 0.544. The summed E-state index contributed by atoms with van der Waals surface area (Å²) in [5.41, 5.74) is 26.6. The van der Waals surface area contributed by atoms with E-state index in [1.54, 1.807) is 0 Å². The van der Waals surface area contributed by atoms with Gasteiger partial charge in [0.25, 0.3) is 0 Å². The quantitative estimate of drug-likeness (QED) is 0.158. The van der Waals surface area contributed by atoms with Gasteiger partial charge < -0.3 is 9.32 Å². The Morgan fingerprint density at radius 2 is 0.711 bits per heavy atom. The van der Waals surface area contributed by atoms with Gasteiger partial charge in [-0.05, 0) is 137 Å². The second kappa shape index (κ2) is 16.4. The van der Waals surface area contributed by atoms with E-state index in [0.717, 1.165) is 44.6 Å². The van der Waals surface area contributed by atoms with Gasteiger partial charge in [0.05, 0.1) is 16.5 Å².